The number of aliphatic hydroxyl groups excluding tert-OH is 1. The SMILES string of the molecule is Cc1ccc(C)c(OCC(O)Cn2cc([N+](=O)[O-])c(C)cc2=O)c1. The van der Waals surface area contributed by atoms with Crippen LogP contribution in [0.5, 0.6) is 5.75 Å². The topological polar surface area (TPSA) is 94.6 Å². The Kier molecular flexibility index (Phi) is 5.35. The number of rotatable bonds is 6. The average molecular weight is 332 g/mol. The zero-order valence-electron chi connectivity index (χ0n) is 13.9. The summed E-state index contributed by atoms with van der Waals surface area (Å²) < 4.78 is 6.72. The van der Waals surface area contributed by atoms with Crippen LogP contribution >= 0.6 is 0 Å². The van der Waals surface area contributed by atoms with Crippen molar-refractivity contribution in [2.45, 2.75) is 33.4 Å². The van der Waals surface area contributed by atoms with Crippen LogP contribution in [-0.2, 0) is 6.54 Å². The van der Waals surface area contributed by atoms with Gasteiger partial charge in [-0.2, -0.15) is 0 Å². The lowest BCUT2D eigenvalue weighted by Crippen LogP contribution is -2.30. The Morgan fingerprint density at radius 1 is 1.25 bits per heavy atom. The predicted molar refractivity (Wildman–Crippen MR) is 89.5 cm³/mol. The van der Waals surface area contributed by atoms with Crippen molar-refractivity contribution in [1.82, 2.24) is 4.57 Å². The second-order valence-corrected chi connectivity index (χ2v) is 5.82. The van der Waals surface area contributed by atoms with Crippen LogP contribution in [0.3, 0.4) is 0 Å². The molecule has 0 radical (unpaired) electrons. The third kappa shape index (κ3) is 4.20. The molecule has 128 valence electrons. The van der Waals surface area contributed by atoms with Crippen molar-refractivity contribution in [3.8, 4) is 5.75 Å². The predicted octanol–water partition coefficient (Wildman–Crippen LogP) is 2.12. The lowest BCUT2D eigenvalue weighted by molar-refractivity contribution is -0.386. The molecule has 0 bridgehead atoms. The molecule has 0 spiro atoms. The average Bonchev–Trinajstić information content (AvgIpc) is 2.50. The van der Waals surface area contributed by atoms with E-state index in [0.717, 1.165) is 21.9 Å². The summed E-state index contributed by atoms with van der Waals surface area (Å²) in [6.07, 6.45) is 0.184. The number of aromatic nitrogens is 1. The smallest absolute Gasteiger partial charge is 0.288 e. The summed E-state index contributed by atoms with van der Waals surface area (Å²) >= 11 is 0. The van der Waals surface area contributed by atoms with Crippen LogP contribution in [0.2, 0.25) is 0 Å². The summed E-state index contributed by atoms with van der Waals surface area (Å²) in [5.41, 5.74) is 1.72. The van der Waals surface area contributed by atoms with Gasteiger partial charge in [-0.1, -0.05) is 12.1 Å². The molecule has 7 nitrogen and oxygen atoms in total. The van der Waals surface area contributed by atoms with E-state index in [1.807, 2.05) is 32.0 Å². The summed E-state index contributed by atoms with van der Waals surface area (Å²) in [6, 6.07) is 6.94. The van der Waals surface area contributed by atoms with Crippen molar-refractivity contribution < 1.29 is 14.8 Å². The molecule has 24 heavy (non-hydrogen) atoms. The minimum atomic E-state index is -0.968. The Hall–Kier alpha value is -2.67. The van der Waals surface area contributed by atoms with Crippen molar-refractivity contribution in [3.63, 3.8) is 0 Å². The molecule has 0 aliphatic heterocycles. The Labute approximate surface area is 139 Å². The number of nitrogens with zero attached hydrogens (tertiary/aromatic N) is 2. The molecule has 1 aromatic carbocycles. The highest BCUT2D eigenvalue weighted by Gasteiger charge is 2.15. The van der Waals surface area contributed by atoms with Gasteiger partial charge in [0.2, 0.25) is 0 Å². The Morgan fingerprint density at radius 2 is 1.96 bits per heavy atom. The van der Waals surface area contributed by atoms with Crippen LogP contribution in [0.4, 0.5) is 5.69 Å². The van der Waals surface area contributed by atoms with Crippen LogP contribution in [0, 0.1) is 30.9 Å². The standard InChI is InChI=1S/C17H20N2O5/c1-11-4-5-12(2)16(6-11)24-10-14(20)8-18-9-15(19(22)23)13(3)7-17(18)21/h4-7,9,14,20H,8,10H2,1-3H3. The van der Waals surface area contributed by atoms with Gasteiger partial charge in [0.15, 0.2) is 0 Å². The van der Waals surface area contributed by atoms with Crippen molar-refractivity contribution in [3.05, 3.63) is 67.6 Å². The quantitative estimate of drug-likeness (QED) is 0.646. The maximum Gasteiger partial charge on any atom is 0.288 e. The minimum Gasteiger partial charge on any atom is -0.491 e. The van der Waals surface area contributed by atoms with Crippen LogP contribution in [-0.4, -0.2) is 27.3 Å². The van der Waals surface area contributed by atoms with Gasteiger partial charge < -0.3 is 14.4 Å². The molecule has 7 heteroatoms. The number of hydrogen-bond acceptors (Lipinski definition) is 5. The molecule has 0 amide bonds. The van der Waals surface area contributed by atoms with E-state index in [1.54, 1.807) is 0 Å². The molecule has 1 aromatic heterocycles. The number of ether oxygens (including phenoxy) is 1. The van der Waals surface area contributed by atoms with Crippen molar-refractivity contribution in [1.29, 1.82) is 0 Å². The maximum atomic E-state index is 11.9. The first-order chi connectivity index (χ1) is 11.3. The fraction of sp³-hybridized carbons (Fsp3) is 0.353. The number of pyridine rings is 1. The van der Waals surface area contributed by atoms with Gasteiger partial charge in [0.1, 0.15) is 18.5 Å². The lowest BCUT2D eigenvalue weighted by atomic mass is 10.1. The Morgan fingerprint density at radius 3 is 2.62 bits per heavy atom. The van der Waals surface area contributed by atoms with E-state index in [4.69, 9.17) is 4.74 Å². The van der Waals surface area contributed by atoms with E-state index >= 15 is 0 Å². The molecule has 0 saturated carbocycles. The normalized spacial score (nSPS) is 12.0. The molecular formula is C17H20N2O5. The summed E-state index contributed by atoms with van der Waals surface area (Å²) in [5, 5.41) is 21.0. The lowest BCUT2D eigenvalue weighted by Gasteiger charge is -2.15. The second kappa shape index (κ2) is 7.27. The Bertz CT molecular complexity index is 813. The molecule has 1 unspecified atom stereocenters. The molecule has 2 rings (SSSR count). The van der Waals surface area contributed by atoms with Crippen LogP contribution in [0.15, 0.2) is 35.3 Å². The minimum absolute atomic E-state index is 0.0155. The number of nitro groups is 1. The van der Waals surface area contributed by atoms with E-state index in [-0.39, 0.29) is 18.8 Å². The monoisotopic (exact) mass is 332 g/mol. The van der Waals surface area contributed by atoms with Crippen molar-refractivity contribution >= 4 is 5.69 Å². The summed E-state index contributed by atoms with van der Waals surface area (Å²) in [4.78, 5) is 22.3. The van der Waals surface area contributed by atoms with E-state index in [0.29, 0.717) is 11.3 Å². The zero-order chi connectivity index (χ0) is 17.9. The Balaban J connectivity index is 2.08. The first kappa shape index (κ1) is 17.7. The summed E-state index contributed by atoms with van der Waals surface area (Å²) in [6.45, 7) is 5.25. The van der Waals surface area contributed by atoms with Crippen LogP contribution in [0.1, 0.15) is 16.7 Å². The van der Waals surface area contributed by atoms with Gasteiger partial charge >= 0.3 is 0 Å². The third-order valence-corrected chi connectivity index (χ3v) is 3.68. The molecule has 1 atom stereocenters. The van der Waals surface area contributed by atoms with Gasteiger partial charge in [-0.25, -0.2) is 0 Å². The van der Waals surface area contributed by atoms with E-state index in [1.165, 1.54) is 13.0 Å². The van der Waals surface area contributed by atoms with Gasteiger partial charge in [-0.15, -0.1) is 0 Å². The first-order valence-electron chi connectivity index (χ1n) is 7.51. The first-order valence-corrected chi connectivity index (χ1v) is 7.51. The molecule has 0 fully saturated rings. The molecule has 1 heterocycles. The number of aryl methyl sites for hydroxylation is 3. The second-order valence-electron chi connectivity index (χ2n) is 5.82. The van der Waals surface area contributed by atoms with Gasteiger partial charge in [0, 0.05) is 11.6 Å². The fourth-order valence-electron chi connectivity index (χ4n) is 2.32. The third-order valence-electron chi connectivity index (χ3n) is 3.68. The fourth-order valence-corrected chi connectivity index (χ4v) is 2.32. The van der Waals surface area contributed by atoms with E-state index in [9.17, 15) is 20.0 Å². The molecule has 2 aromatic rings. The van der Waals surface area contributed by atoms with Crippen molar-refractivity contribution in [2.75, 3.05) is 6.61 Å². The summed E-state index contributed by atoms with van der Waals surface area (Å²) in [7, 11) is 0. The van der Waals surface area contributed by atoms with Crippen LogP contribution < -0.4 is 10.3 Å². The maximum absolute atomic E-state index is 11.9. The van der Waals surface area contributed by atoms with E-state index in [2.05, 4.69) is 0 Å². The number of aliphatic hydroxyl groups is 1. The summed E-state index contributed by atoms with van der Waals surface area (Å²) in [5.74, 6) is 0.663. The molecule has 0 aliphatic rings. The van der Waals surface area contributed by atoms with Gasteiger partial charge in [-0.05, 0) is 38.0 Å². The number of hydrogen-bond donors (Lipinski definition) is 1. The van der Waals surface area contributed by atoms with Gasteiger partial charge in [0.25, 0.3) is 11.2 Å². The van der Waals surface area contributed by atoms with Crippen LogP contribution in [0.25, 0.3) is 0 Å². The largest absolute Gasteiger partial charge is 0.491 e. The molecule has 1 N–H and O–H groups in total. The highest BCUT2D eigenvalue weighted by molar-refractivity contribution is 5.36. The zero-order valence-corrected chi connectivity index (χ0v) is 13.9. The molecule has 0 aliphatic carbocycles. The number of benzene rings is 1. The van der Waals surface area contributed by atoms with Crippen molar-refractivity contribution in [2.24, 2.45) is 0 Å². The van der Waals surface area contributed by atoms with E-state index < -0.39 is 16.6 Å². The highest BCUT2D eigenvalue weighted by Crippen LogP contribution is 2.19. The van der Waals surface area contributed by atoms with Gasteiger partial charge in [0.05, 0.1) is 17.7 Å². The molecule has 0 saturated heterocycles. The van der Waals surface area contributed by atoms with Gasteiger partial charge in [-0.3, -0.25) is 14.9 Å². The molecular weight excluding hydrogens is 312 g/mol. The highest BCUT2D eigenvalue weighted by atomic mass is 16.6.